The molecule has 9 heteroatoms. The van der Waals surface area contributed by atoms with Crippen LogP contribution in [-0.4, -0.2) is 41.3 Å². The monoisotopic (exact) mass is 460 g/mol. The van der Waals surface area contributed by atoms with Crippen LogP contribution in [-0.2, 0) is 29.0 Å². The third-order valence-corrected chi connectivity index (χ3v) is 5.84. The van der Waals surface area contributed by atoms with Crippen LogP contribution in [0.1, 0.15) is 17.7 Å². The summed E-state index contributed by atoms with van der Waals surface area (Å²) in [4.78, 5) is 23.8. The Kier molecular flexibility index (Phi) is 6.23. The largest absolute Gasteiger partial charge is 0.497 e. The summed E-state index contributed by atoms with van der Waals surface area (Å²) in [5, 5.41) is 13.0. The molecule has 168 valence electrons. The Hall–Kier alpha value is -3.26. The number of aromatic nitrogens is 1. The van der Waals surface area contributed by atoms with Crippen LogP contribution in [0.3, 0.4) is 0 Å². The van der Waals surface area contributed by atoms with Gasteiger partial charge in [0.1, 0.15) is 23.9 Å². The predicted molar refractivity (Wildman–Crippen MR) is 117 cm³/mol. The van der Waals surface area contributed by atoms with Crippen LogP contribution in [0.25, 0.3) is 10.9 Å². The molecule has 7 nitrogen and oxygen atoms in total. The van der Waals surface area contributed by atoms with Gasteiger partial charge < -0.3 is 24.5 Å². The number of carbonyl (C=O) groups is 2. The second-order valence-corrected chi connectivity index (χ2v) is 8.07. The summed E-state index contributed by atoms with van der Waals surface area (Å²) in [6.07, 6.45) is 1.61. The van der Waals surface area contributed by atoms with Crippen molar-refractivity contribution in [3.8, 4) is 11.5 Å². The van der Waals surface area contributed by atoms with Crippen molar-refractivity contribution in [3.05, 3.63) is 58.5 Å². The first-order valence-electron chi connectivity index (χ1n) is 10.1. The van der Waals surface area contributed by atoms with Gasteiger partial charge in [-0.1, -0.05) is 17.7 Å². The lowest BCUT2D eigenvalue weighted by Crippen LogP contribution is -2.41. The summed E-state index contributed by atoms with van der Waals surface area (Å²) in [7, 11) is 1.55. The van der Waals surface area contributed by atoms with Gasteiger partial charge in [0.2, 0.25) is 0 Å². The van der Waals surface area contributed by atoms with E-state index in [0.29, 0.717) is 41.7 Å². The smallest absolute Gasteiger partial charge is 0.323 e. The highest BCUT2D eigenvalue weighted by Crippen LogP contribution is 2.36. The molecule has 1 aromatic heterocycles. The van der Waals surface area contributed by atoms with E-state index in [4.69, 9.17) is 21.1 Å². The third kappa shape index (κ3) is 4.50. The van der Waals surface area contributed by atoms with E-state index in [2.05, 4.69) is 5.32 Å². The van der Waals surface area contributed by atoms with Crippen molar-refractivity contribution in [3.63, 3.8) is 0 Å². The molecule has 1 atom stereocenters. The van der Waals surface area contributed by atoms with E-state index < -0.39 is 11.8 Å². The number of carbonyl (C=O) groups excluding carboxylic acids is 1. The molecule has 0 spiro atoms. The molecule has 1 amide bonds. The first-order chi connectivity index (χ1) is 15.4. The van der Waals surface area contributed by atoms with Crippen molar-refractivity contribution in [2.24, 2.45) is 0 Å². The van der Waals surface area contributed by atoms with E-state index in [9.17, 15) is 19.1 Å². The quantitative estimate of drug-likeness (QED) is 0.562. The molecule has 3 aromatic rings. The first kappa shape index (κ1) is 22.0. The Balaban J connectivity index is 1.50. The van der Waals surface area contributed by atoms with Gasteiger partial charge in [-0.2, -0.15) is 0 Å². The van der Waals surface area contributed by atoms with Gasteiger partial charge >= 0.3 is 5.97 Å². The normalized spacial score (nSPS) is 15.3. The number of hydrogen-bond donors (Lipinski definition) is 2. The lowest BCUT2D eigenvalue weighted by molar-refractivity contribution is -0.137. The van der Waals surface area contributed by atoms with E-state index in [1.807, 2.05) is 0 Å². The highest BCUT2D eigenvalue weighted by molar-refractivity contribution is 6.35. The molecular formula is C23H22ClFN2O5. The summed E-state index contributed by atoms with van der Waals surface area (Å²) < 4.78 is 26.4. The predicted octanol–water partition coefficient (Wildman–Crippen LogP) is 3.58. The third-order valence-electron chi connectivity index (χ3n) is 5.55. The van der Waals surface area contributed by atoms with Crippen LogP contribution >= 0.6 is 11.6 Å². The van der Waals surface area contributed by atoms with E-state index in [1.165, 1.54) is 12.1 Å². The number of fused-ring (bicyclic) bond motifs is 3. The van der Waals surface area contributed by atoms with Crippen molar-refractivity contribution in [1.82, 2.24) is 9.88 Å². The average Bonchev–Trinajstić information content (AvgIpc) is 3.05. The molecule has 0 fully saturated rings. The van der Waals surface area contributed by atoms with Gasteiger partial charge in [-0.25, -0.2) is 4.39 Å². The number of carboxylic acid groups (broad SMARTS) is 1. The number of ether oxygens (including phenoxy) is 2. The number of methoxy groups -OCH3 is 1. The summed E-state index contributed by atoms with van der Waals surface area (Å²) in [6.45, 7) is -0.416. The van der Waals surface area contributed by atoms with Crippen molar-refractivity contribution in [2.45, 2.75) is 31.8 Å². The number of hydrogen-bond acceptors (Lipinski definition) is 4. The first-order valence-corrected chi connectivity index (χ1v) is 10.5. The number of carboxylic acids is 1. The number of benzene rings is 2. The summed E-state index contributed by atoms with van der Waals surface area (Å²) in [5.74, 6) is -0.621. The summed E-state index contributed by atoms with van der Waals surface area (Å²) >= 11 is 6.26. The van der Waals surface area contributed by atoms with Crippen molar-refractivity contribution in [2.75, 3.05) is 13.7 Å². The maximum Gasteiger partial charge on any atom is 0.323 e. The molecule has 1 heterocycles. The molecular weight excluding hydrogens is 439 g/mol. The van der Waals surface area contributed by atoms with Crippen LogP contribution < -0.4 is 14.8 Å². The van der Waals surface area contributed by atoms with E-state index in [0.717, 1.165) is 11.3 Å². The van der Waals surface area contributed by atoms with Crippen LogP contribution in [0.15, 0.2) is 36.4 Å². The molecule has 0 bridgehead atoms. The van der Waals surface area contributed by atoms with Gasteiger partial charge in [0.05, 0.1) is 17.6 Å². The highest BCUT2D eigenvalue weighted by Gasteiger charge is 2.28. The number of amides is 1. The van der Waals surface area contributed by atoms with Gasteiger partial charge in [0.15, 0.2) is 6.61 Å². The van der Waals surface area contributed by atoms with Gasteiger partial charge in [0, 0.05) is 23.2 Å². The van der Waals surface area contributed by atoms with Crippen LogP contribution in [0.4, 0.5) is 4.39 Å². The zero-order chi connectivity index (χ0) is 22.8. The molecule has 0 radical (unpaired) electrons. The number of halogens is 2. The van der Waals surface area contributed by atoms with Crippen molar-refractivity contribution in [1.29, 1.82) is 0 Å². The van der Waals surface area contributed by atoms with Gasteiger partial charge in [-0.05, 0) is 49.1 Å². The summed E-state index contributed by atoms with van der Waals surface area (Å²) in [5.41, 5.74) is 2.13. The maximum atomic E-state index is 14.1. The molecule has 1 aliphatic carbocycles. The molecule has 2 aromatic carbocycles. The number of rotatable bonds is 7. The molecule has 1 unspecified atom stereocenters. The highest BCUT2D eigenvalue weighted by atomic mass is 35.5. The van der Waals surface area contributed by atoms with E-state index in [-0.39, 0.29) is 30.1 Å². The minimum absolute atomic E-state index is 0.155. The molecule has 4 rings (SSSR count). The summed E-state index contributed by atoms with van der Waals surface area (Å²) in [6, 6.07) is 9.34. The Labute approximate surface area is 188 Å². The lowest BCUT2D eigenvalue weighted by atomic mass is 9.91. The zero-order valence-electron chi connectivity index (χ0n) is 17.4. The standard InChI is InChI=1S/C23H22ClFN2O5/c1-31-15-3-2-4-16(10-15)32-12-21(28)26-14-5-6-20-17(9-14)18-7-13(25)8-19(24)23(18)27(20)11-22(29)30/h2-4,7-8,10,14H,5-6,9,11-12H2,1H3,(H,26,28)(H,29,30). The molecule has 1 aliphatic rings. The Bertz CT molecular complexity index is 1190. The second-order valence-electron chi connectivity index (χ2n) is 7.66. The van der Waals surface area contributed by atoms with E-state index >= 15 is 0 Å². The van der Waals surface area contributed by atoms with Gasteiger partial charge in [-0.3, -0.25) is 9.59 Å². The molecule has 2 N–H and O–H groups in total. The van der Waals surface area contributed by atoms with Crippen LogP contribution in [0.5, 0.6) is 11.5 Å². The lowest BCUT2D eigenvalue weighted by Gasteiger charge is -2.25. The van der Waals surface area contributed by atoms with Crippen molar-refractivity contribution >= 4 is 34.4 Å². The second kappa shape index (κ2) is 9.08. The SMILES string of the molecule is COc1cccc(OCC(=O)NC2CCc3c(c4cc(F)cc(Cl)c4n3CC(=O)O)C2)c1. The fourth-order valence-electron chi connectivity index (χ4n) is 4.24. The Morgan fingerprint density at radius 3 is 2.81 bits per heavy atom. The van der Waals surface area contributed by atoms with E-state index in [1.54, 1.807) is 35.9 Å². The van der Waals surface area contributed by atoms with Crippen LogP contribution in [0.2, 0.25) is 5.02 Å². The molecule has 0 saturated heterocycles. The number of aliphatic carboxylic acids is 1. The fraction of sp³-hybridized carbons (Fsp3) is 0.304. The minimum atomic E-state index is -1.00. The molecule has 0 aliphatic heterocycles. The maximum absolute atomic E-state index is 14.1. The van der Waals surface area contributed by atoms with Gasteiger partial charge in [0.25, 0.3) is 5.91 Å². The number of nitrogens with one attached hydrogen (secondary N) is 1. The Morgan fingerprint density at radius 2 is 2.06 bits per heavy atom. The average molecular weight is 461 g/mol. The van der Waals surface area contributed by atoms with Crippen LogP contribution in [0, 0.1) is 5.82 Å². The van der Waals surface area contributed by atoms with Crippen molar-refractivity contribution < 1.29 is 28.6 Å². The molecule has 32 heavy (non-hydrogen) atoms. The zero-order valence-corrected chi connectivity index (χ0v) is 18.1. The number of nitrogens with zero attached hydrogens (tertiary/aromatic N) is 1. The molecule has 0 saturated carbocycles. The Morgan fingerprint density at radius 1 is 1.28 bits per heavy atom. The topological polar surface area (TPSA) is 89.8 Å². The fourth-order valence-corrected chi connectivity index (χ4v) is 4.55. The minimum Gasteiger partial charge on any atom is -0.497 e. The van der Waals surface area contributed by atoms with Gasteiger partial charge in [-0.15, -0.1) is 0 Å².